The van der Waals surface area contributed by atoms with Crippen LogP contribution in [0.2, 0.25) is 0 Å². The average Bonchev–Trinajstić information content (AvgIpc) is 3.03. The molecule has 6 nitrogen and oxygen atoms in total. The first-order chi connectivity index (χ1) is 11.0. The van der Waals surface area contributed by atoms with Gasteiger partial charge in [-0.25, -0.2) is 4.99 Å². The molecule has 1 atom stereocenters. The second-order valence-electron chi connectivity index (χ2n) is 5.17. The molecule has 1 aromatic heterocycles. The van der Waals surface area contributed by atoms with Gasteiger partial charge >= 0.3 is 0 Å². The Bertz CT molecular complexity index is 802. The Morgan fingerprint density at radius 2 is 2.00 bits per heavy atom. The van der Waals surface area contributed by atoms with Crippen molar-refractivity contribution >= 4 is 16.0 Å². The number of aryl methyl sites for hydroxylation is 1. The second-order valence-corrected chi connectivity index (χ2v) is 6.78. The van der Waals surface area contributed by atoms with Crippen LogP contribution >= 0.6 is 0 Å². The average molecular weight is 332 g/mol. The molecular formula is C16H16N2O4S. The maximum atomic E-state index is 12.1. The summed E-state index contributed by atoms with van der Waals surface area (Å²) in [6.45, 7) is 2.10. The van der Waals surface area contributed by atoms with Gasteiger partial charge in [-0.1, -0.05) is 23.8 Å². The van der Waals surface area contributed by atoms with E-state index in [2.05, 4.69) is 9.98 Å². The predicted molar refractivity (Wildman–Crippen MR) is 84.8 cm³/mol. The van der Waals surface area contributed by atoms with Crippen LogP contribution in [0.3, 0.4) is 0 Å². The van der Waals surface area contributed by atoms with E-state index in [0.29, 0.717) is 11.6 Å². The van der Waals surface area contributed by atoms with Gasteiger partial charge in [-0.15, -0.1) is 0 Å². The van der Waals surface area contributed by atoms with E-state index >= 15 is 0 Å². The molecule has 0 unspecified atom stereocenters. The molecule has 23 heavy (non-hydrogen) atoms. The molecule has 2 heterocycles. The molecular weight excluding hydrogens is 316 g/mol. The van der Waals surface area contributed by atoms with Gasteiger partial charge in [0, 0.05) is 6.20 Å². The highest BCUT2D eigenvalue weighted by Crippen LogP contribution is 2.16. The third-order valence-corrected chi connectivity index (χ3v) is 4.62. The van der Waals surface area contributed by atoms with Crippen molar-refractivity contribution in [1.29, 1.82) is 0 Å². The lowest BCUT2D eigenvalue weighted by atomic mass is 10.2. The fourth-order valence-electron chi connectivity index (χ4n) is 2.07. The first-order valence-electron chi connectivity index (χ1n) is 7.13. The van der Waals surface area contributed by atoms with Gasteiger partial charge in [0.05, 0.1) is 11.5 Å². The Morgan fingerprint density at radius 3 is 2.70 bits per heavy atom. The fraction of sp³-hybridized carbons (Fsp3) is 0.250. The van der Waals surface area contributed by atoms with Gasteiger partial charge in [0.1, 0.15) is 18.3 Å². The molecule has 0 N–H and O–H groups in total. The highest BCUT2D eigenvalue weighted by Gasteiger charge is 2.24. The molecule has 2 aromatic rings. The SMILES string of the molecule is Cc1ccc(S(=O)(=O)OC[C@H]2COC(c3ccccn3)=N2)cc1. The van der Waals surface area contributed by atoms with Crippen molar-refractivity contribution in [1.82, 2.24) is 4.98 Å². The quantitative estimate of drug-likeness (QED) is 0.782. The molecule has 0 spiro atoms. The highest BCUT2D eigenvalue weighted by molar-refractivity contribution is 7.86. The lowest BCUT2D eigenvalue weighted by Gasteiger charge is -2.07. The third kappa shape index (κ3) is 3.75. The number of benzene rings is 1. The Hall–Kier alpha value is -2.25. The molecule has 1 aliphatic heterocycles. The topological polar surface area (TPSA) is 77.9 Å². The zero-order chi connectivity index (χ0) is 16.3. The van der Waals surface area contributed by atoms with Crippen LogP contribution in [-0.4, -0.2) is 38.6 Å². The molecule has 0 saturated carbocycles. The second kappa shape index (κ2) is 6.47. The van der Waals surface area contributed by atoms with Gasteiger partial charge in [-0.2, -0.15) is 8.42 Å². The molecule has 1 aromatic carbocycles. The molecule has 0 bridgehead atoms. The van der Waals surface area contributed by atoms with E-state index in [1.54, 1.807) is 30.5 Å². The number of ether oxygens (including phenoxy) is 1. The number of nitrogens with zero attached hydrogens (tertiary/aromatic N) is 2. The summed E-state index contributed by atoms with van der Waals surface area (Å²) in [7, 11) is -3.79. The van der Waals surface area contributed by atoms with Gasteiger partial charge in [0.2, 0.25) is 5.90 Å². The number of hydrogen-bond acceptors (Lipinski definition) is 6. The van der Waals surface area contributed by atoms with Crippen LogP contribution in [0.4, 0.5) is 0 Å². The monoisotopic (exact) mass is 332 g/mol. The van der Waals surface area contributed by atoms with Crippen molar-refractivity contribution in [2.75, 3.05) is 13.2 Å². The van der Waals surface area contributed by atoms with E-state index in [-0.39, 0.29) is 24.2 Å². The Kier molecular flexibility index (Phi) is 4.40. The number of hydrogen-bond donors (Lipinski definition) is 0. The van der Waals surface area contributed by atoms with Crippen molar-refractivity contribution in [2.24, 2.45) is 4.99 Å². The van der Waals surface area contributed by atoms with Crippen LogP contribution in [-0.2, 0) is 19.0 Å². The number of pyridine rings is 1. The van der Waals surface area contributed by atoms with Gasteiger partial charge in [0.15, 0.2) is 0 Å². The van der Waals surface area contributed by atoms with Crippen molar-refractivity contribution in [2.45, 2.75) is 17.9 Å². The van der Waals surface area contributed by atoms with Gasteiger partial charge in [-0.05, 0) is 31.2 Å². The summed E-state index contributed by atoms with van der Waals surface area (Å²) in [5.41, 5.74) is 1.61. The minimum atomic E-state index is -3.79. The number of aliphatic imine (C=N–C) groups is 1. The first-order valence-corrected chi connectivity index (χ1v) is 8.53. The number of aromatic nitrogens is 1. The maximum absolute atomic E-state index is 12.1. The Balaban J connectivity index is 1.65. The van der Waals surface area contributed by atoms with Crippen molar-refractivity contribution in [3.05, 3.63) is 59.9 Å². The molecule has 0 aliphatic carbocycles. The van der Waals surface area contributed by atoms with Crippen LogP contribution < -0.4 is 0 Å². The Morgan fingerprint density at radius 1 is 1.22 bits per heavy atom. The summed E-state index contributed by atoms with van der Waals surface area (Å²) >= 11 is 0. The van der Waals surface area contributed by atoms with Crippen molar-refractivity contribution in [3.8, 4) is 0 Å². The highest BCUT2D eigenvalue weighted by atomic mass is 32.2. The minimum Gasteiger partial charge on any atom is -0.474 e. The van der Waals surface area contributed by atoms with Crippen LogP contribution in [0.1, 0.15) is 11.3 Å². The summed E-state index contributed by atoms with van der Waals surface area (Å²) in [6.07, 6.45) is 1.65. The Labute approximate surface area is 134 Å². The zero-order valence-corrected chi connectivity index (χ0v) is 13.4. The lowest BCUT2D eigenvalue weighted by Crippen LogP contribution is -2.18. The van der Waals surface area contributed by atoms with Gasteiger partial charge in [-0.3, -0.25) is 9.17 Å². The summed E-state index contributed by atoms with van der Waals surface area (Å²) in [5, 5.41) is 0. The molecule has 120 valence electrons. The summed E-state index contributed by atoms with van der Waals surface area (Å²) in [6, 6.07) is 11.6. The molecule has 0 radical (unpaired) electrons. The molecule has 3 rings (SSSR count). The van der Waals surface area contributed by atoms with Crippen LogP contribution in [0.5, 0.6) is 0 Å². The normalized spacial score (nSPS) is 17.6. The molecule has 0 fully saturated rings. The zero-order valence-electron chi connectivity index (χ0n) is 12.5. The third-order valence-electron chi connectivity index (χ3n) is 3.32. The van der Waals surface area contributed by atoms with Gasteiger partial charge in [0.25, 0.3) is 10.1 Å². The summed E-state index contributed by atoms with van der Waals surface area (Å²) in [4.78, 5) is 8.59. The van der Waals surface area contributed by atoms with Crippen LogP contribution in [0.15, 0.2) is 58.5 Å². The van der Waals surface area contributed by atoms with Crippen LogP contribution in [0.25, 0.3) is 0 Å². The standard InChI is InChI=1S/C16H16N2O4S/c1-12-5-7-14(8-6-12)23(19,20)22-11-13-10-21-16(18-13)15-4-2-3-9-17-15/h2-9,13H,10-11H2,1H3/t13-/m1/s1. The molecule has 7 heteroatoms. The van der Waals surface area contributed by atoms with E-state index in [4.69, 9.17) is 8.92 Å². The van der Waals surface area contributed by atoms with Crippen molar-refractivity contribution in [3.63, 3.8) is 0 Å². The first kappa shape index (κ1) is 15.6. The van der Waals surface area contributed by atoms with E-state index in [9.17, 15) is 8.42 Å². The molecule has 0 saturated heterocycles. The summed E-state index contributed by atoms with van der Waals surface area (Å²) in [5.74, 6) is 0.409. The smallest absolute Gasteiger partial charge is 0.297 e. The van der Waals surface area contributed by atoms with Gasteiger partial charge < -0.3 is 4.74 Å². The maximum Gasteiger partial charge on any atom is 0.297 e. The fourth-order valence-corrected chi connectivity index (χ4v) is 3.01. The van der Waals surface area contributed by atoms with E-state index in [0.717, 1.165) is 5.56 Å². The molecule has 0 amide bonds. The predicted octanol–water partition coefficient (Wildman–Crippen LogP) is 1.94. The minimum absolute atomic E-state index is 0.0630. The largest absolute Gasteiger partial charge is 0.474 e. The van der Waals surface area contributed by atoms with Crippen LogP contribution in [0, 0.1) is 6.92 Å². The molecule has 1 aliphatic rings. The van der Waals surface area contributed by atoms with Crippen molar-refractivity contribution < 1.29 is 17.3 Å². The van der Waals surface area contributed by atoms with E-state index in [1.807, 2.05) is 13.0 Å². The lowest BCUT2D eigenvalue weighted by molar-refractivity contribution is 0.246. The van der Waals surface area contributed by atoms with E-state index < -0.39 is 10.1 Å². The van der Waals surface area contributed by atoms with E-state index in [1.165, 1.54) is 12.1 Å². The number of rotatable bonds is 5. The summed E-state index contributed by atoms with van der Waals surface area (Å²) < 4.78 is 34.8.